The molecule has 1 aliphatic heterocycles. The van der Waals surface area contributed by atoms with E-state index in [1.807, 2.05) is 6.07 Å². The first-order valence-corrected chi connectivity index (χ1v) is 9.70. The second-order valence-electron chi connectivity index (χ2n) is 5.84. The predicted octanol–water partition coefficient (Wildman–Crippen LogP) is 5.75. The normalized spacial score (nSPS) is 18.3. The van der Waals surface area contributed by atoms with Crippen LogP contribution in [0.1, 0.15) is 56.1 Å². The summed E-state index contributed by atoms with van der Waals surface area (Å²) in [4.78, 5) is 0. The molecule has 0 radical (unpaired) electrons. The summed E-state index contributed by atoms with van der Waals surface area (Å²) in [6.07, 6.45) is 8.63. The number of benzene rings is 1. The van der Waals surface area contributed by atoms with Crippen molar-refractivity contribution in [2.24, 2.45) is 0 Å². The number of nitriles is 2. The number of hydrogen-bond acceptors (Lipinski definition) is 5. The van der Waals surface area contributed by atoms with Gasteiger partial charge in [-0.1, -0.05) is 43.7 Å². The van der Waals surface area contributed by atoms with Crippen molar-refractivity contribution < 1.29 is 0 Å². The summed E-state index contributed by atoms with van der Waals surface area (Å²) in [5.74, 6) is 0. The molecule has 0 amide bonds. The van der Waals surface area contributed by atoms with Crippen LogP contribution in [0.4, 0.5) is 11.4 Å². The highest BCUT2D eigenvalue weighted by Gasteiger charge is 2.34. The van der Waals surface area contributed by atoms with Crippen molar-refractivity contribution >= 4 is 51.0 Å². The Labute approximate surface area is 154 Å². The van der Waals surface area contributed by atoms with Crippen LogP contribution in [0, 0.1) is 22.7 Å². The molecule has 0 spiro atoms. The van der Waals surface area contributed by atoms with Gasteiger partial charge in [0.05, 0.1) is 44.1 Å². The number of fused-ring (bicyclic) bond motifs is 1. The Morgan fingerprint density at radius 3 is 2.30 bits per heavy atom. The summed E-state index contributed by atoms with van der Waals surface area (Å²) in [5.41, 5.74) is 2.19. The van der Waals surface area contributed by atoms with Gasteiger partial charge in [0, 0.05) is 6.04 Å². The van der Waals surface area contributed by atoms with Gasteiger partial charge in [-0.15, -0.1) is 0 Å². The molecule has 0 saturated heterocycles. The average molecular weight is 412 g/mol. The van der Waals surface area contributed by atoms with E-state index in [9.17, 15) is 10.5 Å². The number of nitrogens with one attached hydrogen (secondary N) is 1. The van der Waals surface area contributed by atoms with E-state index in [-0.39, 0.29) is 5.56 Å². The molecule has 2 aliphatic rings. The molecule has 1 fully saturated rings. The van der Waals surface area contributed by atoms with Crippen LogP contribution in [0.2, 0.25) is 5.02 Å². The zero-order valence-electron chi connectivity index (χ0n) is 12.5. The van der Waals surface area contributed by atoms with Gasteiger partial charge < -0.3 is 4.72 Å². The predicted molar refractivity (Wildman–Crippen MR) is 98.4 cm³/mol. The largest absolute Gasteiger partial charge is 0.309 e. The maximum Gasteiger partial charge on any atom is 0.102 e. The Balaban J connectivity index is 2.04. The molecule has 120 valence electrons. The number of hydrogen-bond donors (Lipinski definition) is 1. The lowest BCUT2D eigenvalue weighted by Gasteiger charge is -2.30. The van der Waals surface area contributed by atoms with Gasteiger partial charge in [0.2, 0.25) is 0 Å². The number of halogens is 2. The van der Waals surface area contributed by atoms with Crippen molar-refractivity contribution in [1.29, 1.82) is 10.5 Å². The van der Waals surface area contributed by atoms with E-state index < -0.39 is 0 Å². The molecule has 1 saturated carbocycles. The first kappa shape index (κ1) is 16.8. The summed E-state index contributed by atoms with van der Waals surface area (Å²) in [6, 6.07) is 4.58. The fourth-order valence-electron chi connectivity index (χ4n) is 3.25. The van der Waals surface area contributed by atoms with Gasteiger partial charge in [-0.25, -0.2) is 0 Å². The quantitative estimate of drug-likeness (QED) is 0.596. The third-order valence-corrected chi connectivity index (χ3v) is 6.57. The standard InChI is InChI=1S/C16H16BrClN4S/c17-13-11(8-19)12(9-20)14(18)15-16(13)22(23-21-15)10-6-4-2-1-3-5-7-10/h10,21H,1-7H2. The van der Waals surface area contributed by atoms with Crippen molar-refractivity contribution in [3.8, 4) is 12.1 Å². The average Bonchev–Trinajstić information content (AvgIpc) is 2.95. The zero-order chi connectivity index (χ0) is 16.4. The molecule has 1 aromatic rings. The minimum Gasteiger partial charge on any atom is -0.309 e. The van der Waals surface area contributed by atoms with Crippen LogP contribution in [0.5, 0.6) is 0 Å². The minimum atomic E-state index is 0.229. The highest BCUT2D eigenvalue weighted by Crippen LogP contribution is 2.52. The van der Waals surface area contributed by atoms with E-state index in [0.717, 1.165) is 24.2 Å². The van der Waals surface area contributed by atoms with Gasteiger partial charge in [0.25, 0.3) is 0 Å². The second-order valence-corrected chi connectivity index (χ2v) is 7.79. The fourth-order valence-corrected chi connectivity index (χ4v) is 5.40. The van der Waals surface area contributed by atoms with E-state index >= 15 is 0 Å². The van der Waals surface area contributed by atoms with Crippen LogP contribution in [0.25, 0.3) is 0 Å². The topological polar surface area (TPSA) is 62.9 Å². The highest BCUT2D eigenvalue weighted by atomic mass is 79.9. The fraction of sp³-hybridized carbons (Fsp3) is 0.500. The summed E-state index contributed by atoms with van der Waals surface area (Å²) in [7, 11) is 0. The highest BCUT2D eigenvalue weighted by molar-refractivity contribution is 9.10. The van der Waals surface area contributed by atoms with Crippen molar-refractivity contribution in [1.82, 2.24) is 0 Å². The molecule has 1 N–H and O–H groups in total. The van der Waals surface area contributed by atoms with Crippen LogP contribution >= 0.6 is 39.7 Å². The number of anilines is 2. The molecule has 0 unspecified atom stereocenters. The van der Waals surface area contributed by atoms with Gasteiger partial charge in [-0.3, -0.25) is 4.31 Å². The Bertz CT molecular complexity index is 702. The first-order valence-electron chi connectivity index (χ1n) is 7.76. The first-order chi connectivity index (χ1) is 11.2. The summed E-state index contributed by atoms with van der Waals surface area (Å²) >= 11 is 11.4. The molecule has 3 rings (SSSR count). The molecule has 1 heterocycles. The molecule has 23 heavy (non-hydrogen) atoms. The van der Waals surface area contributed by atoms with E-state index in [1.54, 1.807) is 0 Å². The monoisotopic (exact) mass is 410 g/mol. The lowest BCUT2D eigenvalue weighted by atomic mass is 9.96. The Morgan fingerprint density at radius 2 is 1.70 bits per heavy atom. The SMILES string of the molecule is N#Cc1c(Cl)c2c(c(Br)c1C#N)N(C1CCCCCCC1)SN2. The van der Waals surface area contributed by atoms with Crippen LogP contribution in [0.15, 0.2) is 4.47 Å². The Kier molecular flexibility index (Phi) is 5.26. The van der Waals surface area contributed by atoms with Crippen LogP contribution in [-0.4, -0.2) is 6.04 Å². The molecule has 7 heteroatoms. The Morgan fingerprint density at radius 1 is 1.09 bits per heavy atom. The lowest BCUT2D eigenvalue weighted by molar-refractivity contribution is 0.458. The third kappa shape index (κ3) is 3.01. The van der Waals surface area contributed by atoms with Gasteiger partial charge in [0.1, 0.15) is 12.1 Å². The maximum absolute atomic E-state index is 9.43. The molecule has 0 bridgehead atoms. The number of nitrogens with zero attached hydrogens (tertiary/aromatic N) is 3. The van der Waals surface area contributed by atoms with Crippen molar-refractivity contribution in [3.05, 3.63) is 20.6 Å². The summed E-state index contributed by atoms with van der Waals surface area (Å²) < 4.78 is 6.14. The van der Waals surface area contributed by atoms with Crippen molar-refractivity contribution in [2.75, 3.05) is 9.03 Å². The maximum atomic E-state index is 9.43. The van der Waals surface area contributed by atoms with E-state index in [4.69, 9.17) is 11.6 Å². The van der Waals surface area contributed by atoms with Gasteiger partial charge >= 0.3 is 0 Å². The lowest BCUT2D eigenvalue weighted by Crippen LogP contribution is -2.29. The second kappa shape index (κ2) is 7.21. The molecular formula is C16H16BrClN4S. The third-order valence-electron chi connectivity index (χ3n) is 4.45. The van der Waals surface area contributed by atoms with Crippen molar-refractivity contribution in [3.63, 3.8) is 0 Å². The van der Waals surface area contributed by atoms with Crippen LogP contribution in [0.3, 0.4) is 0 Å². The van der Waals surface area contributed by atoms with E-state index in [2.05, 4.69) is 31.0 Å². The molecule has 0 aromatic heterocycles. The van der Waals surface area contributed by atoms with E-state index in [1.165, 1.54) is 44.2 Å². The number of rotatable bonds is 1. The molecule has 1 aliphatic carbocycles. The van der Waals surface area contributed by atoms with Gasteiger partial charge in [0.15, 0.2) is 0 Å². The molecule has 0 atom stereocenters. The smallest absolute Gasteiger partial charge is 0.102 e. The van der Waals surface area contributed by atoms with Gasteiger partial charge in [-0.05, 0) is 28.8 Å². The summed E-state index contributed by atoms with van der Waals surface area (Å²) in [5, 5.41) is 19.1. The molecular weight excluding hydrogens is 396 g/mol. The Hall–Kier alpha value is -1.08. The van der Waals surface area contributed by atoms with Crippen LogP contribution in [-0.2, 0) is 0 Å². The van der Waals surface area contributed by atoms with E-state index in [0.29, 0.717) is 21.1 Å². The summed E-state index contributed by atoms with van der Waals surface area (Å²) in [6.45, 7) is 0. The van der Waals surface area contributed by atoms with Crippen LogP contribution < -0.4 is 9.03 Å². The molecule has 4 nitrogen and oxygen atoms in total. The minimum absolute atomic E-state index is 0.229. The van der Waals surface area contributed by atoms with Gasteiger partial charge in [-0.2, -0.15) is 10.5 Å². The molecule has 1 aromatic carbocycles. The van der Waals surface area contributed by atoms with Crippen molar-refractivity contribution in [2.45, 2.75) is 51.0 Å². The zero-order valence-corrected chi connectivity index (χ0v) is 15.7.